The third-order valence-electron chi connectivity index (χ3n) is 2.47. The van der Waals surface area contributed by atoms with Gasteiger partial charge in [-0.25, -0.2) is 9.78 Å². The first-order valence-corrected chi connectivity index (χ1v) is 5.70. The molecular weight excluding hydrogens is 289 g/mol. The van der Waals surface area contributed by atoms with Crippen LogP contribution in [0.15, 0.2) is 36.7 Å². The average Bonchev–Trinajstić information content (AvgIpc) is 2.45. The van der Waals surface area contributed by atoms with Gasteiger partial charge in [0, 0.05) is 0 Å². The van der Waals surface area contributed by atoms with Gasteiger partial charge in [-0.2, -0.15) is 13.2 Å². The second-order valence-electron chi connectivity index (χ2n) is 4.01. The van der Waals surface area contributed by atoms with E-state index in [1.807, 2.05) is 0 Å². The number of aromatic nitrogens is 2. The van der Waals surface area contributed by atoms with Crippen LogP contribution in [0.3, 0.4) is 0 Å². The fourth-order valence-electron chi connectivity index (χ4n) is 1.46. The van der Waals surface area contributed by atoms with E-state index in [0.29, 0.717) is 5.69 Å². The third-order valence-corrected chi connectivity index (χ3v) is 2.47. The number of ether oxygens (including phenoxy) is 1. The maximum atomic E-state index is 12.5. The first kappa shape index (κ1) is 14.8. The molecule has 0 aliphatic heterocycles. The molecule has 0 aliphatic rings. The number of hydrogen-bond acceptors (Lipinski definition) is 4. The molecule has 0 saturated heterocycles. The minimum Gasteiger partial charge on any atom is -0.487 e. The van der Waals surface area contributed by atoms with Gasteiger partial charge < -0.3 is 9.84 Å². The van der Waals surface area contributed by atoms with Crippen LogP contribution in [0.2, 0.25) is 0 Å². The van der Waals surface area contributed by atoms with Gasteiger partial charge in [-0.3, -0.25) is 4.98 Å². The number of halogens is 3. The number of aromatic carboxylic acids is 1. The Morgan fingerprint density at radius 2 is 2.00 bits per heavy atom. The van der Waals surface area contributed by atoms with Crippen molar-refractivity contribution in [3.8, 4) is 5.75 Å². The van der Waals surface area contributed by atoms with Crippen LogP contribution in [0.4, 0.5) is 13.2 Å². The molecule has 2 rings (SSSR count). The quantitative estimate of drug-likeness (QED) is 0.939. The molecule has 1 heterocycles. The van der Waals surface area contributed by atoms with E-state index in [0.717, 1.165) is 18.3 Å². The number of hydrogen-bond donors (Lipinski definition) is 1. The molecule has 0 saturated carbocycles. The fraction of sp³-hybridized carbons (Fsp3) is 0.154. The summed E-state index contributed by atoms with van der Waals surface area (Å²) in [6, 6.07) is 4.43. The smallest absolute Gasteiger partial charge is 0.416 e. The summed E-state index contributed by atoms with van der Waals surface area (Å²) in [6.07, 6.45) is -2.20. The topological polar surface area (TPSA) is 72.3 Å². The van der Waals surface area contributed by atoms with Gasteiger partial charge >= 0.3 is 12.1 Å². The van der Waals surface area contributed by atoms with Crippen molar-refractivity contribution in [1.82, 2.24) is 9.97 Å². The molecule has 1 N–H and O–H groups in total. The Hall–Kier alpha value is -2.64. The maximum absolute atomic E-state index is 12.5. The molecule has 0 atom stereocenters. The van der Waals surface area contributed by atoms with Gasteiger partial charge in [0.25, 0.3) is 0 Å². The normalized spacial score (nSPS) is 11.2. The second-order valence-corrected chi connectivity index (χ2v) is 4.01. The number of carboxylic acids is 1. The molecule has 0 amide bonds. The Labute approximate surface area is 117 Å². The lowest BCUT2D eigenvalue weighted by molar-refractivity contribution is -0.137. The van der Waals surface area contributed by atoms with Gasteiger partial charge in [-0.05, 0) is 18.2 Å². The molecule has 0 spiro atoms. The number of alkyl halides is 3. The molecule has 0 radical (unpaired) electrons. The highest BCUT2D eigenvalue weighted by Gasteiger charge is 2.30. The molecule has 8 heteroatoms. The fourth-order valence-corrected chi connectivity index (χ4v) is 1.46. The lowest BCUT2D eigenvalue weighted by atomic mass is 10.2. The average molecular weight is 298 g/mol. The molecular formula is C13H9F3N2O3. The van der Waals surface area contributed by atoms with E-state index >= 15 is 0 Å². The van der Waals surface area contributed by atoms with Crippen molar-refractivity contribution in [3.63, 3.8) is 0 Å². The van der Waals surface area contributed by atoms with Crippen molar-refractivity contribution in [2.75, 3.05) is 0 Å². The zero-order valence-electron chi connectivity index (χ0n) is 10.5. The number of carboxylic acid groups (broad SMARTS) is 1. The summed E-state index contributed by atoms with van der Waals surface area (Å²) in [5.74, 6) is -1.18. The highest BCUT2D eigenvalue weighted by molar-refractivity contribution is 5.84. The van der Waals surface area contributed by atoms with E-state index in [1.165, 1.54) is 18.3 Å². The Morgan fingerprint density at radius 1 is 1.24 bits per heavy atom. The zero-order chi connectivity index (χ0) is 15.5. The van der Waals surface area contributed by atoms with E-state index in [2.05, 4.69) is 9.97 Å². The van der Waals surface area contributed by atoms with Crippen LogP contribution in [0.1, 0.15) is 21.7 Å². The van der Waals surface area contributed by atoms with E-state index in [4.69, 9.17) is 9.84 Å². The van der Waals surface area contributed by atoms with E-state index in [-0.39, 0.29) is 18.1 Å². The van der Waals surface area contributed by atoms with Crippen LogP contribution >= 0.6 is 0 Å². The molecule has 2 aromatic rings. The molecule has 1 aromatic heterocycles. The highest BCUT2D eigenvalue weighted by atomic mass is 19.4. The number of nitrogens with zero attached hydrogens (tertiary/aromatic N) is 2. The van der Waals surface area contributed by atoms with Crippen molar-refractivity contribution in [3.05, 3.63) is 53.6 Å². The van der Waals surface area contributed by atoms with E-state index < -0.39 is 17.7 Å². The second kappa shape index (κ2) is 5.78. The largest absolute Gasteiger partial charge is 0.487 e. The molecule has 0 fully saturated rings. The minimum absolute atomic E-state index is 0.0361. The Bertz CT molecular complexity index is 642. The summed E-state index contributed by atoms with van der Waals surface area (Å²) >= 11 is 0. The highest BCUT2D eigenvalue weighted by Crippen LogP contribution is 2.31. The standard InChI is InChI=1S/C13H9F3N2O3/c14-13(15,16)8-2-1-3-10(4-8)21-7-9-5-18-11(6-17-9)12(19)20/h1-6H,7H2,(H,19,20). The molecule has 0 unspecified atom stereocenters. The zero-order valence-corrected chi connectivity index (χ0v) is 10.5. The maximum Gasteiger partial charge on any atom is 0.416 e. The summed E-state index contributed by atoms with van der Waals surface area (Å²) < 4.78 is 42.7. The first-order chi connectivity index (χ1) is 9.86. The number of carbonyl (C=O) groups is 1. The van der Waals surface area contributed by atoms with Crippen LogP contribution in [-0.2, 0) is 12.8 Å². The van der Waals surface area contributed by atoms with Crippen molar-refractivity contribution in [2.45, 2.75) is 12.8 Å². The van der Waals surface area contributed by atoms with E-state index in [9.17, 15) is 18.0 Å². The lowest BCUT2D eigenvalue weighted by Gasteiger charge is -2.09. The van der Waals surface area contributed by atoms with Crippen molar-refractivity contribution in [1.29, 1.82) is 0 Å². The molecule has 0 bridgehead atoms. The minimum atomic E-state index is -4.44. The number of benzene rings is 1. The Balaban J connectivity index is 2.04. The van der Waals surface area contributed by atoms with Gasteiger partial charge in [0.15, 0.2) is 5.69 Å². The lowest BCUT2D eigenvalue weighted by Crippen LogP contribution is -2.06. The predicted octanol–water partition coefficient (Wildman–Crippen LogP) is 2.77. The summed E-state index contributed by atoms with van der Waals surface area (Å²) in [7, 11) is 0. The summed E-state index contributed by atoms with van der Waals surface area (Å²) in [5, 5.41) is 8.65. The van der Waals surface area contributed by atoms with Gasteiger partial charge in [0.2, 0.25) is 0 Å². The Morgan fingerprint density at radius 3 is 2.57 bits per heavy atom. The van der Waals surface area contributed by atoms with Gasteiger partial charge in [0.1, 0.15) is 12.4 Å². The first-order valence-electron chi connectivity index (χ1n) is 5.70. The van der Waals surface area contributed by atoms with Crippen molar-refractivity contribution >= 4 is 5.97 Å². The van der Waals surface area contributed by atoms with E-state index in [1.54, 1.807) is 0 Å². The van der Waals surface area contributed by atoms with Crippen LogP contribution in [0, 0.1) is 0 Å². The molecule has 5 nitrogen and oxygen atoms in total. The number of rotatable bonds is 4. The monoisotopic (exact) mass is 298 g/mol. The van der Waals surface area contributed by atoms with Crippen molar-refractivity contribution < 1.29 is 27.8 Å². The Kier molecular flexibility index (Phi) is 4.06. The molecule has 110 valence electrons. The van der Waals surface area contributed by atoms with Gasteiger partial charge in [-0.15, -0.1) is 0 Å². The van der Waals surface area contributed by atoms with Crippen molar-refractivity contribution in [2.24, 2.45) is 0 Å². The van der Waals surface area contributed by atoms with Gasteiger partial charge in [0.05, 0.1) is 23.7 Å². The molecule has 1 aromatic carbocycles. The van der Waals surface area contributed by atoms with Crippen LogP contribution < -0.4 is 4.74 Å². The van der Waals surface area contributed by atoms with Crippen LogP contribution in [-0.4, -0.2) is 21.0 Å². The van der Waals surface area contributed by atoms with Crippen LogP contribution in [0.5, 0.6) is 5.75 Å². The van der Waals surface area contributed by atoms with Gasteiger partial charge in [-0.1, -0.05) is 6.07 Å². The summed E-state index contributed by atoms with van der Waals surface area (Å²) in [5.41, 5.74) is -0.734. The predicted molar refractivity (Wildman–Crippen MR) is 64.8 cm³/mol. The molecule has 0 aliphatic carbocycles. The summed E-state index contributed by atoms with van der Waals surface area (Å²) in [4.78, 5) is 18.0. The summed E-state index contributed by atoms with van der Waals surface area (Å²) in [6.45, 7) is -0.117. The molecule has 21 heavy (non-hydrogen) atoms. The SMILES string of the molecule is O=C(O)c1cnc(COc2cccc(C(F)(F)F)c2)cn1. The van der Waals surface area contributed by atoms with Crippen LogP contribution in [0.25, 0.3) is 0 Å². The third kappa shape index (κ3) is 3.91.